The molecule has 2 aromatic heterocycles. The number of piperidine rings is 1. The van der Waals surface area contributed by atoms with Crippen molar-refractivity contribution in [2.75, 3.05) is 13.1 Å². The molecule has 1 aliphatic heterocycles. The maximum atomic E-state index is 13.4. The third-order valence-electron chi connectivity index (χ3n) is 5.33. The van der Waals surface area contributed by atoms with E-state index in [2.05, 4.69) is 28.3 Å². The average Bonchev–Trinajstić information content (AvgIpc) is 3.23. The molecule has 1 aliphatic rings. The molecule has 32 heavy (non-hydrogen) atoms. The zero-order valence-corrected chi connectivity index (χ0v) is 18.9. The Balaban J connectivity index is 0.00000141. The number of nitrogens with zero attached hydrogens (tertiary/aromatic N) is 4. The summed E-state index contributed by atoms with van der Waals surface area (Å²) >= 11 is 1.36. The largest absolute Gasteiger partial charge is 0.472 e. The van der Waals surface area contributed by atoms with Crippen molar-refractivity contribution < 1.29 is 9.53 Å². The third-order valence-corrected chi connectivity index (χ3v) is 6.32. The fourth-order valence-corrected chi connectivity index (χ4v) is 4.59. The van der Waals surface area contributed by atoms with E-state index in [1.165, 1.54) is 11.5 Å². The Kier molecular flexibility index (Phi) is 7.59. The van der Waals surface area contributed by atoms with Crippen LogP contribution in [0.25, 0.3) is 10.4 Å². The minimum atomic E-state index is -0.157. The van der Waals surface area contributed by atoms with Gasteiger partial charge in [-0.2, -0.15) is 9.64 Å². The highest BCUT2D eigenvalue weighted by Crippen LogP contribution is 2.32. The summed E-state index contributed by atoms with van der Waals surface area (Å²) in [7, 11) is 0. The van der Waals surface area contributed by atoms with Gasteiger partial charge in [-0.25, -0.2) is 4.98 Å². The van der Waals surface area contributed by atoms with E-state index >= 15 is 0 Å². The molecule has 0 saturated carbocycles. The second kappa shape index (κ2) is 10.6. The lowest BCUT2D eigenvalue weighted by molar-refractivity contribution is 0.0526. The number of likely N-dealkylation sites (tertiary alicyclic amines) is 1. The zero-order valence-electron chi connectivity index (χ0n) is 18.1. The van der Waals surface area contributed by atoms with E-state index < -0.39 is 0 Å². The first-order chi connectivity index (χ1) is 15.6. The van der Waals surface area contributed by atoms with Crippen LogP contribution < -0.4 is 4.74 Å². The van der Waals surface area contributed by atoms with Gasteiger partial charge < -0.3 is 9.64 Å². The average molecular weight is 445 g/mol. The minimum absolute atomic E-state index is 0.0103. The lowest BCUT2D eigenvalue weighted by Crippen LogP contribution is -2.44. The molecule has 162 valence electrons. The SMILES string of the molecule is C#C.Cc1nsc(-c2ccccc2)c1C(=O)N1CCC[C@@H](Oc2nccc(C#N)c2C)C1. The van der Waals surface area contributed by atoms with Crippen LogP contribution in [0.4, 0.5) is 0 Å². The molecule has 0 aliphatic carbocycles. The number of ether oxygens (including phenoxy) is 1. The number of rotatable bonds is 4. The Bertz CT molecular complexity index is 1150. The van der Waals surface area contributed by atoms with Crippen molar-refractivity contribution in [1.29, 1.82) is 5.26 Å². The molecule has 0 spiro atoms. The van der Waals surface area contributed by atoms with Crippen LogP contribution in [0.1, 0.15) is 40.0 Å². The van der Waals surface area contributed by atoms with Gasteiger partial charge in [-0.05, 0) is 49.9 Å². The highest BCUT2D eigenvalue weighted by Gasteiger charge is 2.30. The van der Waals surface area contributed by atoms with Crippen LogP contribution in [0.15, 0.2) is 42.6 Å². The number of carbonyl (C=O) groups is 1. The van der Waals surface area contributed by atoms with E-state index in [0.29, 0.717) is 30.1 Å². The molecule has 1 atom stereocenters. The smallest absolute Gasteiger partial charge is 0.257 e. The topological polar surface area (TPSA) is 79.1 Å². The van der Waals surface area contributed by atoms with Crippen LogP contribution in [0, 0.1) is 38.0 Å². The number of pyridine rings is 1. The summed E-state index contributed by atoms with van der Waals surface area (Å²) < 4.78 is 10.6. The van der Waals surface area contributed by atoms with Gasteiger partial charge in [0, 0.05) is 18.3 Å². The van der Waals surface area contributed by atoms with E-state index in [4.69, 9.17) is 4.74 Å². The Labute approximate surface area is 192 Å². The molecule has 4 rings (SSSR count). The lowest BCUT2D eigenvalue weighted by atomic mass is 10.0. The van der Waals surface area contributed by atoms with Crippen LogP contribution in [-0.2, 0) is 0 Å². The normalized spacial score (nSPS) is 15.2. The molecule has 3 heterocycles. The van der Waals surface area contributed by atoms with Gasteiger partial charge in [0.2, 0.25) is 5.88 Å². The highest BCUT2D eigenvalue weighted by molar-refractivity contribution is 7.10. The first-order valence-electron chi connectivity index (χ1n) is 10.2. The van der Waals surface area contributed by atoms with Crippen molar-refractivity contribution in [3.8, 4) is 35.2 Å². The number of hydrogen-bond acceptors (Lipinski definition) is 6. The third kappa shape index (κ3) is 4.80. The molecule has 1 aromatic carbocycles. The summed E-state index contributed by atoms with van der Waals surface area (Å²) in [6.07, 6.45) is 11.1. The quantitative estimate of drug-likeness (QED) is 0.549. The van der Waals surface area contributed by atoms with Crippen molar-refractivity contribution in [2.45, 2.75) is 32.8 Å². The summed E-state index contributed by atoms with van der Waals surface area (Å²) in [5.74, 6) is 0.454. The molecule has 7 heteroatoms. The standard InChI is InChI=1S/C23H22N4O2S.C2H2/c1-15-18(13-24)10-11-25-22(15)29-19-9-6-12-27(14-19)23(28)20-16(2)26-30-21(20)17-7-4-3-5-8-17;1-2/h3-5,7-8,10-11,19H,6,9,12,14H2,1-2H3;1-2H/t19-;/m1./s1. The molecule has 0 unspecified atom stereocenters. The maximum Gasteiger partial charge on any atom is 0.257 e. The fourth-order valence-electron chi connectivity index (χ4n) is 3.70. The second-order valence-electron chi connectivity index (χ2n) is 7.37. The van der Waals surface area contributed by atoms with Crippen LogP contribution in [0.2, 0.25) is 0 Å². The molecule has 6 nitrogen and oxygen atoms in total. The summed E-state index contributed by atoms with van der Waals surface area (Å²) in [5, 5.41) is 9.22. The molecule has 0 bridgehead atoms. The highest BCUT2D eigenvalue weighted by atomic mass is 32.1. The van der Waals surface area contributed by atoms with E-state index in [1.807, 2.05) is 49.1 Å². The van der Waals surface area contributed by atoms with Crippen LogP contribution in [0.5, 0.6) is 5.88 Å². The van der Waals surface area contributed by atoms with E-state index in [1.54, 1.807) is 12.3 Å². The maximum absolute atomic E-state index is 13.4. The molecular formula is C25H24N4O2S. The number of amides is 1. The lowest BCUT2D eigenvalue weighted by Gasteiger charge is -2.33. The number of benzene rings is 1. The van der Waals surface area contributed by atoms with Crippen LogP contribution in [-0.4, -0.2) is 39.4 Å². The van der Waals surface area contributed by atoms with Gasteiger partial charge in [-0.1, -0.05) is 30.3 Å². The monoisotopic (exact) mass is 444 g/mol. The summed E-state index contributed by atoms with van der Waals surface area (Å²) in [6.45, 7) is 4.89. The predicted molar refractivity (Wildman–Crippen MR) is 125 cm³/mol. The fraction of sp³-hybridized carbons (Fsp3) is 0.280. The molecule has 1 amide bonds. The van der Waals surface area contributed by atoms with E-state index in [9.17, 15) is 10.1 Å². The van der Waals surface area contributed by atoms with Gasteiger partial charge in [0.15, 0.2) is 0 Å². The predicted octanol–water partition coefficient (Wildman–Crippen LogP) is 4.63. The van der Waals surface area contributed by atoms with Gasteiger partial charge in [0.1, 0.15) is 6.10 Å². The summed E-state index contributed by atoms with van der Waals surface area (Å²) in [4.78, 5) is 20.5. The summed E-state index contributed by atoms with van der Waals surface area (Å²) in [5.41, 5.74) is 3.71. The first-order valence-corrected chi connectivity index (χ1v) is 11.0. The van der Waals surface area contributed by atoms with Crippen molar-refractivity contribution >= 4 is 17.4 Å². The number of terminal acetylenes is 1. The van der Waals surface area contributed by atoms with Crippen molar-refractivity contribution in [3.05, 3.63) is 65.0 Å². The van der Waals surface area contributed by atoms with E-state index in [0.717, 1.165) is 34.5 Å². The van der Waals surface area contributed by atoms with Gasteiger partial charge in [0.25, 0.3) is 5.91 Å². The van der Waals surface area contributed by atoms with Crippen molar-refractivity contribution in [2.24, 2.45) is 0 Å². The van der Waals surface area contributed by atoms with Gasteiger partial charge in [0.05, 0.1) is 34.3 Å². The molecule has 1 fully saturated rings. The van der Waals surface area contributed by atoms with Crippen LogP contribution >= 0.6 is 11.5 Å². The molecule has 0 radical (unpaired) electrons. The van der Waals surface area contributed by atoms with E-state index in [-0.39, 0.29) is 12.0 Å². The Hall–Kier alpha value is -3.68. The minimum Gasteiger partial charge on any atom is -0.472 e. The Morgan fingerprint density at radius 3 is 2.72 bits per heavy atom. The Morgan fingerprint density at radius 1 is 1.25 bits per heavy atom. The molecule has 3 aromatic rings. The second-order valence-corrected chi connectivity index (χ2v) is 8.15. The zero-order chi connectivity index (χ0) is 23.1. The van der Waals surface area contributed by atoms with Gasteiger partial charge >= 0.3 is 0 Å². The number of aryl methyl sites for hydroxylation is 1. The number of nitriles is 1. The Morgan fingerprint density at radius 2 is 2.00 bits per heavy atom. The number of aromatic nitrogens is 2. The van der Waals surface area contributed by atoms with Gasteiger partial charge in [-0.3, -0.25) is 4.79 Å². The first kappa shape index (κ1) is 23.0. The van der Waals surface area contributed by atoms with Gasteiger partial charge in [-0.15, -0.1) is 12.8 Å². The molecular weight excluding hydrogens is 420 g/mol. The van der Waals surface area contributed by atoms with Crippen molar-refractivity contribution in [3.63, 3.8) is 0 Å². The molecule has 0 N–H and O–H groups in total. The number of hydrogen-bond donors (Lipinski definition) is 0. The number of carbonyl (C=O) groups excluding carboxylic acids is 1. The van der Waals surface area contributed by atoms with Crippen molar-refractivity contribution in [1.82, 2.24) is 14.3 Å². The molecule has 1 saturated heterocycles. The summed E-state index contributed by atoms with van der Waals surface area (Å²) in [6, 6.07) is 13.7. The van der Waals surface area contributed by atoms with Crippen LogP contribution in [0.3, 0.4) is 0 Å².